The lowest BCUT2D eigenvalue weighted by atomic mass is 9.96. The van der Waals surface area contributed by atoms with Crippen molar-refractivity contribution >= 4 is 57.6 Å². The van der Waals surface area contributed by atoms with Crippen LogP contribution in [-0.4, -0.2) is 73.2 Å². The summed E-state index contributed by atoms with van der Waals surface area (Å²) in [6, 6.07) is 18.2. The maximum Gasteiger partial charge on any atom is 0.410 e. The third kappa shape index (κ3) is 8.80. The molecule has 1 aliphatic heterocycles. The molecule has 1 aliphatic rings. The number of amides is 2. The maximum absolute atomic E-state index is 14.6. The summed E-state index contributed by atoms with van der Waals surface area (Å²) in [7, 11) is 3.12. The summed E-state index contributed by atoms with van der Waals surface area (Å²) in [5.74, 6) is 0.300. The Morgan fingerprint density at radius 3 is 2.39 bits per heavy atom. The number of hydrogen-bond donors (Lipinski definition) is 2. The number of likely N-dealkylation sites (tertiary alicyclic amines) is 1. The molecule has 3 aromatic carbocycles. The molecule has 0 spiro atoms. The van der Waals surface area contributed by atoms with E-state index in [4.69, 9.17) is 37.4 Å². The lowest BCUT2D eigenvalue weighted by molar-refractivity contribution is -0.121. The summed E-state index contributed by atoms with van der Waals surface area (Å²) in [6.45, 7) is 6.98. The van der Waals surface area contributed by atoms with Crippen molar-refractivity contribution in [3.05, 3.63) is 88.0 Å². The normalized spacial score (nSPS) is 14.3. The molecule has 5 rings (SSSR count). The standard InChI is InChI=1S/C37H42Cl2N4O6/c1-37(2,3)49-36(46)42-16-14-23(15-17-42)21-40-35(45)33(34(44)30-19-25-18-26(38)11-13-29(25)41-30)43(31-9-7-6-8-28(31)39)22-24-10-12-27(47-4)20-32(24)48-5/h6-13,18-20,23,33,41H,14-17,21-22H2,1-5H3,(H,40,45). The van der Waals surface area contributed by atoms with Crippen molar-refractivity contribution in [2.75, 3.05) is 38.8 Å². The first kappa shape index (κ1) is 35.9. The highest BCUT2D eigenvalue weighted by molar-refractivity contribution is 6.33. The van der Waals surface area contributed by atoms with Gasteiger partial charge in [-0.25, -0.2) is 4.79 Å². The molecule has 1 atom stereocenters. The van der Waals surface area contributed by atoms with Crippen LogP contribution < -0.4 is 19.7 Å². The van der Waals surface area contributed by atoms with Gasteiger partial charge >= 0.3 is 6.09 Å². The average Bonchev–Trinajstić information content (AvgIpc) is 3.50. The summed E-state index contributed by atoms with van der Waals surface area (Å²) >= 11 is 13.0. The van der Waals surface area contributed by atoms with Crippen LogP contribution in [0.15, 0.2) is 66.7 Å². The Balaban J connectivity index is 1.46. The van der Waals surface area contributed by atoms with Crippen LogP contribution >= 0.6 is 23.2 Å². The molecule has 0 radical (unpaired) electrons. The number of methoxy groups -OCH3 is 2. The Labute approximate surface area is 296 Å². The fraction of sp³-hybridized carbons (Fsp3) is 0.378. The summed E-state index contributed by atoms with van der Waals surface area (Å²) in [6.07, 6.45) is 1.01. The number of piperidine rings is 1. The Hall–Kier alpha value is -4.41. The number of aromatic amines is 1. The minimum atomic E-state index is -1.32. The van der Waals surface area contributed by atoms with Crippen molar-refractivity contribution in [3.8, 4) is 11.5 Å². The number of carbonyl (C=O) groups excluding carboxylic acids is 3. The van der Waals surface area contributed by atoms with E-state index in [2.05, 4.69) is 10.3 Å². The Morgan fingerprint density at radius 1 is 0.980 bits per heavy atom. The van der Waals surface area contributed by atoms with E-state index in [1.165, 1.54) is 0 Å². The molecule has 2 N–H and O–H groups in total. The number of fused-ring (bicyclic) bond motifs is 1. The lowest BCUT2D eigenvalue weighted by Crippen LogP contribution is -2.53. The van der Waals surface area contributed by atoms with Crippen LogP contribution in [0.5, 0.6) is 11.5 Å². The Morgan fingerprint density at radius 2 is 1.71 bits per heavy atom. The third-order valence-electron chi connectivity index (χ3n) is 8.48. The van der Waals surface area contributed by atoms with Gasteiger partial charge in [-0.3, -0.25) is 9.59 Å². The molecule has 1 unspecified atom stereocenters. The van der Waals surface area contributed by atoms with Gasteiger partial charge in [-0.05, 0) is 88.1 Å². The number of ether oxygens (including phenoxy) is 3. The van der Waals surface area contributed by atoms with Crippen molar-refractivity contribution in [3.63, 3.8) is 0 Å². The zero-order valence-electron chi connectivity index (χ0n) is 28.3. The van der Waals surface area contributed by atoms with Crippen LogP contribution in [0.1, 0.15) is 49.7 Å². The third-order valence-corrected chi connectivity index (χ3v) is 9.04. The SMILES string of the molecule is COc1ccc(CN(c2ccccc2Cl)C(C(=O)NCC2CCN(C(=O)OC(C)(C)C)CC2)C(=O)c2cc3cc(Cl)ccc3[nH]2)c(OC)c1. The fourth-order valence-corrected chi connectivity index (χ4v) is 6.36. The van der Waals surface area contributed by atoms with Gasteiger partial charge in [-0.2, -0.15) is 0 Å². The molecule has 49 heavy (non-hydrogen) atoms. The quantitative estimate of drug-likeness (QED) is 0.122. The molecule has 12 heteroatoms. The smallest absolute Gasteiger partial charge is 0.410 e. The number of H-pyrrole nitrogens is 1. The first-order chi connectivity index (χ1) is 23.4. The predicted molar refractivity (Wildman–Crippen MR) is 192 cm³/mol. The Kier molecular flexibility index (Phi) is 11.3. The molecule has 4 aromatic rings. The summed E-state index contributed by atoms with van der Waals surface area (Å²) in [5, 5.41) is 4.71. The van der Waals surface area contributed by atoms with E-state index in [1.807, 2.05) is 32.9 Å². The summed E-state index contributed by atoms with van der Waals surface area (Å²) in [5.41, 5.74) is 1.60. The van der Waals surface area contributed by atoms with E-state index < -0.39 is 23.3 Å². The summed E-state index contributed by atoms with van der Waals surface area (Å²) in [4.78, 5) is 48.1. The lowest BCUT2D eigenvalue weighted by Gasteiger charge is -2.35. The van der Waals surface area contributed by atoms with Crippen LogP contribution in [-0.2, 0) is 16.1 Å². The number of ketones is 1. The van der Waals surface area contributed by atoms with Crippen molar-refractivity contribution in [2.45, 2.75) is 51.8 Å². The van der Waals surface area contributed by atoms with E-state index >= 15 is 0 Å². The number of nitrogens with zero attached hydrogens (tertiary/aromatic N) is 2. The molecular weight excluding hydrogens is 667 g/mol. The van der Waals surface area contributed by atoms with Crippen molar-refractivity contribution in [1.82, 2.24) is 15.2 Å². The molecule has 1 saturated heterocycles. The van der Waals surface area contributed by atoms with Gasteiger partial charge in [0.05, 0.1) is 30.6 Å². The molecule has 0 bridgehead atoms. The van der Waals surface area contributed by atoms with Gasteiger partial charge < -0.3 is 34.3 Å². The van der Waals surface area contributed by atoms with Crippen molar-refractivity contribution in [2.24, 2.45) is 5.92 Å². The molecule has 0 saturated carbocycles. The van der Waals surface area contributed by atoms with E-state index in [0.717, 1.165) is 5.39 Å². The molecule has 2 amide bonds. The number of aromatic nitrogens is 1. The van der Waals surface area contributed by atoms with E-state index in [9.17, 15) is 14.4 Å². The molecule has 260 valence electrons. The second-order valence-electron chi connectivity index (χ2n) is 13.1. The number of benzene rings is 3. The monoisotopic (exact) mass is 708 g/mol. The second-order valence-corrected chi connectivity index (χ2v) is 13.9. The minimum absolute atomic E-state index is 0.101. The van der Waals surface area contributed by atoms with Crippen LogP contribution in [0.3, 0.4) is 0 Å². The first-order valence-electron chi connectivity index (χ1n) is 16.2. The van der Waals surface area contributed by atoms with Crippen LogP contribution in [0.4, 0.5) is 10.5 Å². The minimum Gasteiger partial charge on any atom is -0.497 e. The second kappa shape index (κ2) is 15.4. The summed E-state index contributed by atoms with van der Waals surface area (Å²) < 4.78 is 16.6. The number of nitrogens with one attached hydrogen (secondary N) is 2. The number of anilines is 1. The maximum atomic E-state index is 14.6. The van der Waals surface area contributed by atoms with Crippen LogP contribution in [0, 0.1) is 5.92 Å². The van der Waals surface area contributed by atoms with Crippen molar-refractivity contribution in [1.29, 1.82) is 0 Å². The van der Waals surface area contributed by atoms with E-state index in [1.54, 1.807) is 78.6 Å². The Bertz CT molecular complexity index is 1810. The van der Waals surface area contributed by atoms with Gasteiger partial charge in [0.15, 0.2) is 6.04 Å². The number of para-hydroxylation sites is 1. The van der Waals surface area contributed by atoms with Gasteiger partial charge in [0, 0.05) is 53.7 Å². The van der Waals surface area contributed by atoms with Crippen LogP contribution in [0.2, 0.25) is 10.0 Å². The fourth-order valence-electron chi connectivity index (χ4n) is 5.94. The number of rotatable bonds is 11. The number of carbonyl (C=O) groups is 3. The highest BCUT2D eigenvalue weighted by Gasteiger charge is 2.37. The molecule has 2 heterocycles. The molecular formula is C37H42Cl2N4O6. The first-order valence-corrected chi connectivity index (χ1v) is 16.9. The van der Waals surface area contributed by atoms with Gasteiger partial charge in [0.2, 0.25) is 5.78 Å². The molecule has 10 nitrogen and oxygen atoms in total. The van der Waals surface area contributed by atoms with Crippen molar-refractivity contribution < 1.29 is 28.6 Å². The number of Topliss-reactive ketones (excluding diaryl/α,β-unsaturated/α-hetero) is 1. The zero-order valence-corrected chi connectivity index (χ0v) is 29.9. The van der Waals surface area contributed by atoms with E-state index in [0.29, 0.717) is 70.8 Å². The highest BCUT2D eigenvalue weighted by atomic mass is 35.5. The van der Waals surface area contributed by atoms with Gasteiger partial charge in [0.1, 0.15) is 17.1 Å². The van der Waals surface area contributed by atoms with Crippen LogP contribution in [0.25, 0.3) is 10.9 Å². The highest BCUT2D eigenvalue weighted by Crippen LogP contribution is 2.34. The topological polar surface area (TPSA) is 113 Å². The van der Waals surface area contributed by atoms with Gasteiger partial charge in [-0.15, -0.1) is 0 Å². The van der Waals surface area contributed by atoms with Gasteiger partial charge in [0.25, 0.3) is 5.91 Å². The molecule has 1 fully saturated rings. The van der Waals surface area contributed by atoms with E-state index in [-0.39, 0.29) is 24.2 Å². The average molecular weight is 710 g/mol. The largest absolute Gasteiger partial charge is 0.497 e. The molecule has 1 aromatic heterocycles. The zero-order chi connectivity index (χ0) is 35.3. The number of hydrogen-bond acceptors (Lipinski definition) is 7. The number of halogens is 2. The molecule has 0 aliphatic carbocycles. The van der Waals surface area contributed by atoms with Gasteiger partial charge in [-0.1, -0.05) is 35.3 Å². The predicted octanol–water partition coefficient (Wildman–Crippen LogP) is 7.51.